The highest BCUT2D eigenvalue weighted by Crippen LogP contribution is 2.21. The molecule has 1 aliphatic heterocycles. The van der Waals surface area contributed by atoms with E-state index in [1.165, 1.54) is 6.07 Å². The molecular weight excluding hydrogens is 206 g/mol. The number of phenols is 1. The van der Waals surface area contributed by atoms with E-state index in [0.717, 1.165) is 19.5 Å². The molecule has 1 aromatic rings. The van der Waals surface area contributed by atoms with Crippen molar-refractivity contribution in [2.45, 2.75) is 12.5 Å². The largest absolute Gasteiger partial charge is 0.506 e. The Morgan fingerprint density at radius 2 is 2.25 bits per heavy atom. The normalized spacial score (nSPS) is 19.4. The molecule has 4 N–H and O–H groups in total. The van der Waals surface area contributed by atoms with Crippen LogP contribution in [0.1, 0.15) is 6.42 Å². The van der Waals surface area contributed by atoms with Crippen molar-refractivity contribution in [3.8, 4) is 5.75 Å². The molecule has 1 heterocycles. The molecule has 1 aromatic carbocycles. The summed E-state index contributed by atoms with van der Waals surface area (Å²) in [5, 5.41) is 18.1. The Morgan fingerprint density at radius 1 is 1.44 bits per heavy atom. The average Bonchev–Trinajstić information content (AvgIpc) is 2.74. The highest BCUT2D eigenvalue weighted by atomic mass is 16.3. The van der Waals surface area contributed by atoms with Gasteiger partial charge >= 0.3 is 6.03 Å². The Bertz CT molecular complexity index is 375. The molecule has 1 aliphatic rings. The summed E-state index contributed by atoms with van der Waals surface area (Å²) in [6.07, 6.45) is 0.939. The fourth-order valence-electron chi connectivity index (χ4n) is 1.70. The number of anilines is 1. The van der Waals surface area contributed by atoms with Gasteiger partial charge in [-0.15, -0.1) is 0 Å². The molecule has 1 atom stereocenters. The van der Waals surface area contributed by atoms with Gasteiger partial charge in [0.05, 0.1) is 5.69 Å². The minimum Gasteiger partial charge on any atom is -0.506 e. The van der Waals surface area contributed by atoms with Crippen LogP contribution in [0.2, 0.25) is 0 Å². The third-order valence-electron chi connectivity index (χ3n) is 2.55. The molecule has 0 saturated carbocycles. The Kier molecular flexibility index (Phi) is 3.26. The maximum atomic E-state index is 11.6. The van der Waals surface area contributed by atoms with Crippen molar-refractivity contribution < 1.29 is 9.90 Å². The molecule has 0 aliphatic carbocycles. The van der Waals surface area contributed by atoms with E-state index in [-0.39, 0.29) is 17.8 Å². The molecule has 86 valence electrons. The minimum atomic E-state index is -0.282. The maximum Gasteiger partial charge on any atom is 0.319 e. The quantitative estimate of drug-likeness (QED) is 0.560. The van der Waals surface area contributed by atoms with Gasteiger partial charge in [0.25, 0.3) is 0 Å². The second kappa shape index (κ2) is 4.85. The van der Waals surface area contributed by atoms with Crippen molar-refractivity contribution in [1.82, 2.24) is 10.6 Å². The van der Waals surface area contributed by atoms with Gasteiger partial charge in [-0.25, -0.2) is 4.79 Å². The van der Waals surface area contributed by atoms with Crippen molar-refractivity contribution in [3.63, 3.8) is 0 Å². The number of carbonyl (C=O) groups is 1. The molecular formula is C11H15N3O2. The summed E-state index contributed by atoms with van der Waals surface area (Å²) in [5.74, 6) is 0.0715. The smallest absolute Gasteiger partial charge is 0.319 e. The SMILES string of the molecule is O=C(Nc1ccccc1O)NC1CCNC1. The summed E-state index contributed by atoms with van der Waals surface area (Å²) < 4.78 is 0. The topological polar surface area (TPSA) is 73.4 Å². The van der Waals surface area contributed by atoms with E-state index in [4.69, 9.17) is 0 Å². The first-order valence-corrected chi connectivity index (χ1v) is 5.32. The highest BCUT2D eigenvalue weighted by Gasteiger charge is 2.16. The van der Waals surface area contributed by atoms with E-state index in [0.29, 0.717) is 5.69 Å². The Morgan fingerprint density at radius 3 is 2.94 bits per heavy atom. The molecule has 2 amide bonds. The summed E-state index contributed by atoms with van der Waals surface area (Å²) in [4.78, 5) is 11.6. The monoisotopic (exact) mass is 221 g/mol. The van der Waals surface area contributed by atoms with E-state index in [1.54, 1.807) is 18.2 Å². The fourth-order valence-corrected chi connectivity index (χ4v) is 1.70. The number of para-hydroxylation sites is 2. The lowest BCUT2D eigenvalue weighted by molar-refractivity contribution is 0.249. The second-order valence-corrected chi connectivity index (χ2v) is 3.81. The summed E-state index contributed by atoms with van der Waals surface area (Å²) in [6, 6.07) is 6.54. The molecule has 16 heavy (non-hydrogen) atoms. The van der Waals surface area contributed by atoms with Gasteiger partial charge in [0.1, 0.15) is 5.75 Å². The third kappa shape index (κ3) is 2.64. The minimum absolute atomic E-state index is 0.0715. The lowest BCUT2D eigenvalue weighted by Crippen LogP contribution is -2.39. The number of amides is 2. The van der Waals surface area contributed by atoms with Crippen LogP contribution in [0, 0.1) is 0 Å². The summed E-state index contributed by atoms with van der Waals surface area (Å²) in [7, 11) is 0. The Balaban J connectivity index is 1.89. The van der Waals surface area contributed by atoms with E-state index in [9.17, 15) is 9.90 Å². The van der Waals surface area contributed by atoms with Gasteiger partial charge in [-0.2, -0.15) is 0 Å². The van der Waals surface area contributed by atoms with Crippen molar-refractivity contribution >= 4 is 11.7 Å². The van der Waals surface area contributed by atoms with Crippen LogP contribution in [0.4, 0.5) is 10.5 Å². The average molecular weight is 221 g/mol. The van der Waals surface area contributed by atoms with Crippen LogP contribution in [0.25, 0.3) is 0 Å². The van der Waals surface area contributed by atoms with Gasteiger partial charge < -0.3 is 21.1 Å². The number of urea groups is 1. The maximum absolute atomic E-state index is 11.6. The molecule has 1 unspecified atom stereocenters. The van der Waals surface area contributed by atoms with Gasteiger partial charge in [0, 0.05) is 12.6 Å². The molecule has 5 nitrogen and oxygen atoms in total. The number of hydrogen-bond acceptors (Lipinski definition) is 3. The molecule has 1 saturated heterocycles. The van der Waals surface area contributed by atoms with Crippen LogP contribution in [-0.4, -0.2) is 30.3 Å². The van der Waals surface area contributed by atoms with Crippen LogP contribution in [0.3, 0.4) is 0 Å². The summed E-state index contributed by atoms with van der Waals surface area (Å²) >= 11 is 0. The predicted molar refractivity (Wildman–Crippen MR) is 61.5 cm³/mol. The predicted octanol–water partition coefficient (Wildman–Crippen LogP) is 0.876. The Hall–Kier alpha value is -1.75. The molecule has 1 fully saturated rings. The fraction of sp³-hybridized carbons (Fsp3) is 0.364. The first-order chi connectivity index (χ1) is 7.75. The number of carbonyl (C=O) groups excluding carboxylic acids is 1. The zero-order valence-corrected chi connectivity index (χ0v) is 8.86. The third-order valence-corrected chi connectivity index (χ3v) is 2.55. The first-order valence-electron chi connectivity index (χ1n) is 5.32. The van der Waals surface area contributed by atoms with Crippen molar-refractivity contribution in [2.75, 3.05) is 18.4 Å². The van der Waals surface area contributed by atoms with E-state index >= 15 is 0 Å². The van der Waals surface area contributed by atoms with Crippen LogP contribution >= 0.6 is 0 Å². The molecule has 5 heteroatoms. The van der Waals surface area contributed by atoms with Crippen LogP contribution < -0.4 is 16.0 Å². The zero-order valence-electron chi connectivity index (χ0n) is 8.86. The van der Waals surface area contributed by atoms with Gasteiger partial charge in [-0.3, -0.25) is 0 Å². The summed E-state index contributed by atoms with van der Waals surface area (Å²) in [6.45, 7) is 1.73. The summed E-state index contributed by atoms with van der Waals surface area (Å²) in [5.41, 5.74) is 0.422. The lowest BCUT2D eigenvalue weighted by atomic mass is 10.2. The molecule has 0 bridgehead atoms. The number of rotatable bonds is 2. The zero-order chi connectivity index (χ0) is 11.4. The van der Waals surface area contributed by atoms with Crippen molar-refractivity contribution in [3.05, 3.63) is 24.3 Å². The van der Waals surface area contributed by atoms with Gasteiger partial charge in [-0.05, 0) is 25.1 Å². The van der Waals surface area contributed by atoms with Gasteiger partial charge in [0.2, 0.25) is 0 Å². The highest BCUT2D eigenvalue weighted by molar-refractivity contribution is 5.90. The second-order valence-electron chi connectivity index (χ2n) is 3.81. The Labute approximate surface area is 93.9 Å². The molecule has 2 rings (SSSR count). The standard InChI is InChI=1S/C11H15N3O2/c15-10-4-2-1-3-9(10)14-11(16)13-8-5-6-12-7-8/h1-4,8,12,15H,5-7H2,(H2,13,14,16). The molecule has 0 aromatic heterocycles. The number of aromatic hydroxyl groups is 1. The molecule has 0 spiro atoms. The number of nitrogens with one attached hydrogen (secondary N) is 3. The number of benzene rings is 1. The van der Waals surface area contributed by atoms with E-state index in [2.05, 4.69) is 16.0 Å². The number of hydrogen-bond donors (Lipinski definition) is 4. The molecule has 0 radical (unpaired) electrons. The van der Waals surface area contributed by atoms with E-state index < -0.39 is 0 Å². The van der Waals surface area contributed by atoms with Crippen molar-refractivity contribution in [2.24, 2.45) is 0 Å². The van der Waals surface area contributed by atoms with Crippen molar-refractivity contribution in [1.29, 1.82) is 0 Å². The van der Waals surface area contributed by atoms with Gasteiger partial charge in [0.15, 0.2) is 0 Å². The van der Waals surface area contributed by atoms with Crippen LogP contribution in [0.5, 0.6) is 5.75 Å². The van der Waals surface area contributed by atoms with E-state index in [1.807, 2.05) is 0 Å². The first kappa shape index (κ1) is 10.8. The van der Waals surface area contributed by atoms with Crippen LogP contribution in [-0.2, 0) is 0 Å². The van der Waals surface area contributed by atoms with Crippen LogP contribution in [0.15, 0.2) is 24.3 Å². The number of phenolic OH excluding ortho intramolecular Hbond substituents is 1. The van der Waals surface area contributed by atoms with Gasteiger partial charge in [-0.1, -0.05) is 12.1 Å². The lowest BCUT2D eigenvalue weighted by Gasteiger charge is -2.12.